The number of amides is 2. The van der Waals surface area contributed by atoms with Crippen LogP contribution < -0.4 is 0 Å². The molecule has 2 rings (SSSR count). The second-order valence-corrected chi connectivity index (χ2v) is 6.91. The van der Waals surface area contributed by atoms with Gasteiger partial charge in [-0.3, -0.25) is 19.1 Å². The Morgan fingerprint density at radius 2 is 2.08 bits per heavy atom. The highest BCUT2D eigenvalue weighted by Crippen LogP contribution is 2.18. The SMILES string of the molecule is CC(C)c1cc(C(=O)N(C)CC(=O)N2CCCC(C(=O)O)C2)nn1C. The largest absolute Gasteiger partial charge is 0.481 e. The van der Waals surface area contributed by atoms with Crippen molar-refractivity contribution < 1.29 is 19.5 Å². The maximum atomic E-state index is 12.5. The van der Waals surface area contributed by atoms with Crippen LogP contribution in [0.4, 0.5) is 0 Å². The van der Waals surface area contributed by atoms with E-state index < -0.39 is 11.9 Å². The number of carbonyl (C=O) groups excluding carboxylic acids is 2. The topological polar surface area (TPSA) is 95.7 Å². The van der Waals surface area contributed by atoms with Gasteiger partial charge in [0, 0.05) is 32.9 Å². The van der Waals surface area contributed by atoms with Gasteiger partial charge in [-0.2, -0.15) is 5.10 Å². The molecule has 0 bridgehead atoms. The molecule has 25 heavy (non-hydrogen) atoms. The quantitative estimate of drug-likeness (QED) is 0.852. The maximum absolute atomic E-state index is 12.5. The van der Waals surface area contributed by atoms with Gasteiger partial charge in [0.05, 0.1) is 12.5 Å². The number of hydrogen-bond acceptors (Lipinski definition) is 4. The summed E-state index contributed by atoms with van der Waals surface area (Å²) in [5.74, 6) is -1.71. The number of rotatable bonds is 5. The molecule has 8 heteroatoms. The Kier molecular flexibility index (Phi) is 5.81. The molecule has 1 N–H and O–H groups in total. The Morgan fingerprint density at radius 3 is 2.64 bits per heavy atom. The summed E-state index contributed by atoms with van der Waals surface area (Å²) in [4.78, 5) is 38.9. The molecule has 2 amide bonds. The zero-order valence-corrected chi connectivity index (χ0v) is 15.2. The molecule has 0 aromatic carbocycles. The molecule has 1 atom stereocenters. The van der Waals surface area contributed by atoms with Crippen molar-refractivity contribution in [1.82, 2.24) is 19.6 Å². The normalized spacial score (nSPS) is 17.6. The van der Waals surface area contributed by atoms with E-state index in [4.69, 9.17) is 5.11 Å². The predicted molar refractivity (Wildman–Crippen MR) is 91.2 cm³/mol. The van der Waals surface area contributed by atoms with Gasteiger partial charge >= 0.3 is 5.97 Å². The molecule has 0 saturated carbocycles. The van der Waals surface area contributed by atoms with Gasteiger partial charge < -0.3 is 14.9 Å². The number of hydrogen-bond donors (Lipinski definition) is 1. The summed E-state index contributed by atoms with van der Waals surface area (Å²) in [5.41, 5.74) is 1.26. The van der Waals surface area contributed by atoms with E-state index in [2.05, 4.69) is 5.10 Å². The first-order chi connectivity index (χ1) is 11.7. The van der Waals surface area contributed by atoms with Crippen LogP contribution in [0.25, 0.3) is 0 Å². The lowest BCUT2D eigenvalue weighted by molar-refractivity contribution is -0.145. The van der Waals surface area contributed by atoms with E-state index in [1.54, 1.807) is 24.8 Å². The van der Waals surface area contributed by atoms with E-state index in [1.807, 2.05) is 13.8 Å². The highest BCUT2D eigenvalue weighted by molar-refractivity contribution is 5.95. The first kappa shape index (κ1) is 19.0. The molecule has 1 unspecified atom stereocenters. The lowest BCUT2D eigenvalue weighted by atomic mass is 9.98. The monoisotopic (exact) mass is 350 g/mol. The highest BCUT2D eigenvalue weighted by atomic mass is 16.4. The number of likely N-dealkylation sites (N-methyl/N-ethyl adjacent to an activating group) is 1. The van der Waals surface area contributed by atoms with Crippen LogP contribution in [0.5, 0.6) is 0 Å². The van der Waals surface area contributed by atoms with Crippen LogP contribution in [0, 0.1) is 5.92 Å². The Hall–Kier alpha value is -2.38. The molecule has 1 aliphatic heterocycles. The van der Waals surface area contributed by atoms with Gasteiger partial charge in [-0.15, -0.1) is 0 Å². The third kappa shape index (κ3) is 4.37. The highest BCUT2D eigenvalue weighted by Gasteiger charge is 2.29. The van der Waals surface area contributed by atoms with Crippen molar-refractivity contribution >= 4 is 17.8 Å². The van der Waals surface area contributed by atoms with E-state index in [-0.39, 0.29) is 30.8 Å². The minimum Gasteiger partial charge on any atom is -0.481 e. The Balaban J connectivity index is 1.99. The molecule has 0 aliphatic carbocycles. The molecule has 1 fully saturated rings. The van der Waals surface area contributed by atoms with Gasteiger partial charge in [0.15, 0.2) is 5.69 Å². The third-order valence-corrected chi connectivity index (χ3v) is 4.57. The van der Waals surface area contributed by atoms with Gasteiger partial charge in [-0.05, 0) is 24.8 Å². The van der Waals surface area contributed by atoms with Crippen LogP contribution >= 0.6 is 0 Å². The molecule has 0 radical (unpaired) electrons. The second-order valence-electron chi connectivity index (χ2n) is 6.91. The van der Waals surface area contributed by atoms with Gasteiger partial charge in [0.2, 0.25) is 5.91 Å². The molecular formula is C17H26N4O4. The summed E-state index contributed by atoms with van der Waals surface area (Å²) in [5, 5.41) is 13.3. The fourth-order valence-electron chi connectivity index (χ4n) is 3.10. The molecule has 0 spiro atoms. The lowest BCUT2D eigenvalue weighted by Gasteiger charge is -2.31. The number of carboxylic acid groups (broad SMARTS) is 1. The zero-order chi connectivity index (χ0) is 18.7. The average molecular weight is 350 g/mol. The van der Waals surface area contributed by atoms with Crippen molar-refractivity contribution in [2.75, 3.05) is 26.7 Å². The van der Waals surface area contributed by atoms with Crippen molar-refractivity contribution in [2.24, 2.45) is 13.0 Å². The predicted octanol–water partition coefficient (Wildman–Crippen LogP) is 0.939. The number of carboxylic acids is 1. The zero-order valence-electron chi connectivity index (χ0n) is 15.2. The fourth-order valence-corrected chi connectivity index (χ4v) is 3.10. The number of carbonyl (C=O) groups is 3. The Bertz CT molecular complexity index is 668. The van der Waals surface area contributed by atoms with Crippen LogP contribution in [0.2, 0.25) is 0 Å². The molecule has 138 valence electrons. The third-order valence-electron chi connectivity index (χ3n) is 4.57. The number of piperidine rings is 1. The second kappa shape index (κ2) is 7.67. The number of aromatic nitrogens is 2. The Labute approximate surface area is 147 Å². The summed E-state index contributed by atoms with van der Waals surface area (Å²) in [6.07, 6.45) is 1.25. The lowest BCUT2D eigenvalue weighted by Crippen LogP contribution is -2.47. The first-order valence-electron chi connectivity index (χ1n) is 8.50. The number of aryl methyl sites for hydroxylation is 1. The average Bonchev–Trinajstić information content (AvgIpc) is 2.96. The van der Waals surface area contributed by atoms with Crippen molar-refractivity contribution in [2.45, 2.75) is 32.6 Å². The standard InChI is InChI=1S/C17H26N4O4/c1-11(2)14-8-13(18-20(14)4)16(23)19(3)10-15(22)21-7-5-6-12(9-21)17(24)25/h8,11-12H,5-7,9-10H2,1-4H3,(H,24,25). The molecule has 1 saturated heterocycles. The minimum absolute atomic E-state index is 0.0846. The van der Waals surface area contributed by atoms with Crippen LogP contribution in [0.3, 0.4) is 0 Å². The van der Waals surface area contributed by atoms with Crippen LogP contribution in [0.15, 0.2) is 6.07 Å². The van der Waals surface area contributed by atoms with Crippen molar-refractivity contribution in [3.05, 3.63) is 17.5 Å². The minimum atomic E-state index is -0.878. The maximum Gasteiger partial charge on any atom is 0.308 e. The number of aliphatic carboxylic acids is 1. The van der Waals surface area contributed by atoms with Crippen molar-refractivity contribution in [3.63, 3.8) is 0 Å². The van der Waals surface area contributed by atoms with Gasteiger partial charge in [0.1, 0.15) is 0 Å². The van der Waals surface area contributed by atoms with E-state index >= 15 is 0 Å². The molecule has 2 heterocycles. The van der Waals surface area contributed by atoms with Gasteiger partial charge in [0.25, 0.3) is 5.91 Å². The van der Waals surface area contributed by atoms with Crippen LogP contribution in [-0.4, -0.2) is 69.2 Å². The van der Waals surface area contributed by atoms with Crippen LogP contribution in [0.1, 0.15) is 48.8 Å². The summed E-state index contributed by atoms with van der Waals surface area (Å²) >= 11 is 0. The first-order valence-corrected chi connectivity index (χ1v) is 8.50. The summed E-state index contributed by atoms with van der Waals surface area (Å²) in [7, 11) is 3.35. The Morgan fingerprint density at radius 1 is 1.40 bits per heavy atom. The molecular weight excluding hydrogens is 324 g/mol. The molecule has 1 aliphatic rings. The van der Waals surface area contributed by atoms with Crippen LogP contribution in [-0.2, 0) is 16.6 Å². The van der Waals surface area contributed by atoms with E-state index in [0.29, 0.717) is 25.1 Å². The molecule has 1 aromatic rings. The van der Waals surface area contributed by atoms with E-state index in [9.17, 15) is 14.4 Å². The summed E-state index contributed by atoms with van der Waals surface area (Å²) in [6.45, 7) is 4.70. The summed E-state index contributed by atoms with van der Waals surface area (Å²) in [6, 6.07) is 1.75. The van der Waals surface area contributed by atoms with Gasteiger partial charge in [-0.1, -0.05) is 13.8 Å². The number of nitrogens with zero attached hydrogens (tertiary/aromatic N) is 4. The number of likely N-dealkylation sites (tertiary alicyclic amines) is 1. The van der Waals surface area contributed by atoms with Gasteiger partial charge in [-0.25, -0.2) is 0 Å². The fraction of sp³-hybridized carbons (Fsp3) is 0.647. The smallest absolute Gasteiger partial charge is 0.308 e. The van der Waals surface area contributed by atoms with E-state index in [1.165, 1.54) is 9.80 Å². The van der Waals surface area contributed by atoms with Crippen molar-refractivity contribution in [3.8, 4) is 0 Å². The van der Waals surface area contributed by atoms with E-state index in [0.717, 1.165) is 5.69 Å². The van der Waals surface area contributed by atoms with Crippen molar-refractivity contribution in [1.29, 1.82) is 0 Å². The molecule has 8 nitrogen and oxygen atoms in total. The molecule has 1 aromatic heterocycles. The summed E-state index contributed by atoms with van der Waals surface area (Å²) < 4.78 is 1.68.